The maximum Gasteiger partial charge on any atom is 0.307 e. The first-order chi connectivity index (χ1) is 25.5. The van der Waals surface area contributed by atoms with E-state index in [0.717, 1.165) is 57.3 Å². The molecule has 4 aliphatic rings. The van der Waals surface area contributed by atoms with Gasteiger partial charge in [-0.25, -0.2) is 0 Å². The Morgan fingerprint density at radius 1 is 0.519 bits per heavy atom. The second kappa shape index (κ2) is 25.8. The molecule has 12 N–H and O–H groups in total. The van der Waals surface area contributed by atoms with Crippen molar-refractivity contribution in [3.63, 3.8) is 0 Å². The summed E-state index contributed by atoms with van der Waals surface area (Å²) in [6.45, 7) is 7.81. The molecule has 54 heavy (non-hydrogen) atoms. The highest BCUT2D eigenvalue weighted by molar-refractivity contribution is 5.71. The molecule has 0 spiro atoms. The van der Waals surface area contributed by atoms with Crippen molar-refractivity contribution in [2.24, 2.45) is 68.8 Å². The molecule has 0 radical (unpaired) electrons. The average Bonchev–Trinajstić information content (AvgIpc) is 3.79. The SMILES string of the molecule is CC1(CCC(CN)C(=O)O)CCC1.CC1(CCC(CN)C(=O)O)CCCC1.CCC1(CCC(CN)C(=O)O)CCC1.NCC(CCC1CCCC1)C(=O)O. The summed E-state index contributed by atoms with van der Waals surface area (Å²) < 4.78 is 0. The molecule has 0 aromatic rings. The fraction of sp³-hybridized carbons (Fsp3) is 0.905. The molecule has 4 rings (SSSR count). The number of carboxylic acids is 4. The zero-order chi connectivity index (χ0) is 40.8. The van der Waals surface area contributed by atoms with E-state index in [1.54, 1.807) is 0 Å². The molecule has 12 nitrogen and oxygen atoms in total. The van der Waals surface area contributed by atoms with Gasteiger partial charge in [-0.05, 0) is 112 Å². The number of rotatable bonds is 21. The average molecular weight is 769 g/mol. The van der Waals surface area contributed by atoms with Gasteiger partial charge in [0, 0.05) is 26.2 Å². The zero-order valence-corrected chi connectivity index (χ0v) is 34.2. The predicted molar refractivity (Wildman–Crippen MR) is 215 cm³/mol. The van der Waals surface area contributed by atoms with Crippen LogP contribution in [0.15, 0.2) is 0 Å². The quantitative estimate of drug-likeness (QED) is 0.0575. The van der Waals surface area contributed by atoms with Crippen molar-refractivity contribution in [1.82, 2.24) is 0 Å². The van der Waals surface area contributed by atoms with Crippen molar-refractivity contribution in [2.75, 3.05) is 26.2 Å². The zero-order valence-electron chi connectivity index (χ0n) is 34.2. The molecule has 0 amide bonds. The van der Waals surface area contributed by atoms with Crippen molar-refractivity contribution < 1.29 is 39.6 Å². The Kier molecular flexibility index (Phi) is 23.8. The van der Waals surface area contributed by atoms with Crippen LogP contribution in [0.2, 0.25) is 0 Å². The molecular weight excluding hydrogens is 688 g/mol. The predicted octanol–water partition coefficient (Wildman–Crippen LogP) is 7.25. The van der Waals surface area contributed by atoms with Crippen LogP contribution in [0, 0.1) is 45.8 Å². The van der Waals surface area contributed by atoms with Crippen LogP contribution in [0.1, 0.15) is 168 Å². The fourth-order valence-electron chi connectivity index (χ4n) is 8.60. The number of nitrogens with two attached hydrogens (primary N) is 4. The van der Waals surface area contributed by atoms with E-state index in [0.29, 0.717) is 16.2 Å². The highest BCUT2D eigenvalue weighted by atomic mass is 16.4. The molecule has 0 aromatic heterocycles. The molecule has 0 aliphatic heterocycles. The Morgan fingerprint density at radius 2 is 0.852 bits per heavy atom. The molecule has 0 saturated heterocycles. The van der Waals surface area contributed by atoms with Crippen molar-refractivity contribution in [1.29, 1.82) is 0 Å². The van der Waals surface area contributed by atoms with Gasteiger partial charge in [-0.1, -0.05) is 78.6 Å². The minimum atomic E-state index is -0.745. The Labute approximate surface area is 326 Å². The highest BCUT2D eigenvalue weighted by Crippen LogP contribution is 2.48. The summed E-state index contributed by atoms with van der Waals surface area (Å²) >= 11 is 0. The number of hydrogen-bond acceptors (Lipinski definition) is 8. The summed E-state index contributed by atoms with van der Waals surface area (Å²) in [4.78, 5) is 42.9. The normalized spacial score (nSPS) is 21.5. The number of aliphatic carboxylic acids is 4. The van der Waals surface area contributed by atoms with Gasteiger partial charge in [-0.15, -0.1) is 0 Å². The third-order valence-corrected chi connectivity index (χ3v) is 13.7. The van der Waals surface area contributed by atoms with Gasteiger partial charge in [0.25, 0.3) is 0 Å². The lowest BCUT2D eigenvalue weighted by Gasteiger charge is -2.42. The van der Waals surface area contributed by atoms with Gasteiger partial charge in [0.2, 0.25) is 0 Å². The minimum Gasteiger partial charge on any atom is -0.481 e. The smallest absolute Gasteiger partial charge is 0.307 e. The first kappa shape index (κ1) is 49.7. The summed E-state index contributed by atoms with van der Waals surface area (Å²) in [6, 6.07) is 0. The molecule has 4 fully saturated rings. The summed E-state index contributed by atoms with van der Waals surface area (Å²) in [5.74, 6) is -3.52. The molecule has 0 aromatic carbocycles. The molecule has 0 heterocycles. The Hall–Kier alpha value is -2.28. The Bertz CT molecular complexity index is 1050. The lowest BCUT2D eigenvalue weighted by atomic mass is 9.64. The molecule has 0 bridgehead atoms. The van der Waals surface area contributed by atoms with E-state index in [2.05, 4.69) is 20.8 Å². The van der Waals surface area contributed by atoms with Crippen LogP contribution in [0.3, 0.4) is 0 Å². The van der Waals surface area contributed by atoms with Crippen LogP contribution < -0.4 is 22.9 Å². The van der Waals surface area contributed by atoms with Gasteiger partial charge >= 0.3 is 23.9 Å². The van der Waals surface area contributed by atoms with Crippen molar-refractivity contribution in [3.8, 4) is 0 Å². The van der Waals surface area contributed by atoms with Gasteiger partial charge < -0.3 is 43.4 Å². The maximum absolute atomic E-state index is 10.8. The Balaban J connectivity index is 0.000000360. The third-order valence-electron chi connectivity index (χ3n) is 13.7. The fourth-order valence-corrected chi connectivity index (χ4v) is 8.60. The molecule has 4 aliphatic carbocycles. The van der Waals surface area contributed by atoms with Gasteiger partial charge in [-0.2, -0.15) is 0 Å². The second-order valence-electron chi connectivity index (χ2n) is 17.8. The number of hydrogen-bond donors (Lipinski definition) is 8. The van der Waals surface area contributed by atoms with Gasteiger partial charge in [0.15, 0.2) is 0 Å². The largest absolute Gasteiger partial charge is 0.481 e. The van der Waals surface area contributed by atoms with Crippen molar-refractivity contribution in [3.05, 3.63) is 0 Å². The molecule has 4 unspecified atom stereocenters. The van der Waals surface area contributed by atoms with Crippen LogP contribution >= 0.6 is 0 Å². The summed E-state index contributed by atoms with van der Waals surface area (Å²) in [7, 11) is 0. The third kappa shape index (κ3) is 18.6. The van der Waals surface area contributed by atoms with E-state index in [1.807, 2.05) is 0 Å². The molecule has 4 saturated carbocycles. The van der Waals surface area contributed by atoms with E-state index in [-0.39, 0.29) is 49.9 Å². The standard InChI is InChI=1S/2C11H21NO2.2C10H19NO2/c1-11(5-2-3-6-11)7-4-9(8-12)10(13)14;1-2-11(5-3-6-11)7-4-9(8-12)10(13)14;1-10(4-2-5-10)6-3-8(7-11)9(12)13;11-7-9(10(12)13)6-5-8-3-1-2-4-8/h2*9H,2-8,12H2,1H3,(H,13,14);8H,2-7,11H2,1H3,(H,12,13);8-9H,1-7,11H2,(H,12,13). The number of carbonyl (C=O) groups is 4. The summed E-state index contributed by atoms with van der Waals surface area (Å²) in [5, 5.41) is 35.3. The van der Waals surface area contributed by atoms with E-state index in [4.69, 9.17) is 43.4 Å². The van der Waals surface area contributed by atoms with E-state index in [9.17, 15) is 19.2 Å². The molecule has 316 valence electrons. The van der Waals surface area contributed by atoms with E-state index in [1.165, 1.54) is 96.3 Å². The highest BCUT2D eigenvalue weighted by Gasteiger charge is 2.36. The molecule has 12 heteroatoms. The first-order valence-electron chi connectivity index (χ1n) is 21.2. The van der Waals surface area contributed by atoms with Gasteiger partial charge in [0.1, 0.15) is 0 Å². The van der Waals surface area contributed by atoms with Crippen LogP contribution in [-0.2, 0) is 19.2 Å². The van der Waals surface area contributed by atoms with Gasteiger partial charge in [-0.3, -0.25) is 19.2 Å². The summed E-state index contributed by atoms with van der Waals surface area (Å²) in [6.07, 6.45) is 26.3. The van der Waals surface area contributed by atoms with E-state index >= 15 is 0 Å². The maximum atomic E-state index is 10.8. The lowest BCUT2D eigenvalue weighted by Crippen LogP contribution is -2.31. The second-order valence-corrected chi connectivity index (χ2v) is 17.8. The van der Waals surface area contributed by atoms with Crippen molar-refractivity contribution >= 4 is 23.9 Å². The van der Waals surface area contributed by atoms with Crippen LogP contribution in [0.25, 0.3) is 0 Å². The first-order valence-corrected chi connectivity index (χ1v) is 21.2. The molecular formula is C42H80N4O8. The van der Waals surface area contributed by atoms with Crippen LogP contribution in [0.4, 0.5) is 0 Å². The van der Waals surface area contributed by atoms with E-state index < -0.39 is 23.9 Å². The number of carboxylic acid groups (broad SMARTS) is 4. The monoisotopic (exact) mass is 769 g/mol. The topological polar surface area (TPSA) is 253 Å². The van der Waals surface area contributed by atoms with Gasteiger partial charge in [0.05, 0.1) is 23.7 Å². The molecule has 4 atom stereocenters. The Morgan fingerprint density at radius 3 is 1.13 bits per heavy atom. The summed E-state index contributed by atoms with van der Waals surface area (Å²) in [5.41, 5.74) is 22.9. The lowest BCUT2D eigenvalue weighted by molar-refractivity contribution is -0.142. The van der Waals surface area contributed by atoms with Crippen molar-refractivity contribution in [2.45, 2.75) is 168 Å². The minimum absolute atomic E-state index is 0.269. The van der Waals surface area contributed by atoms with Crippen LogP contribution in [0.5, 0.6) is 0 Å². The van der Waals surface area contributed by atoms with Crippen LogP contribution in [-0.4, -0.2) is 70.5 Å².